The maximum atomic E-state index is 12.8. The number of fused-ring (bicyclic) bond motifs is 1. The Morgan fingerprint density at radius 2 is 1.69 bits per heavy atom. The van der Waals surface area contributed by atoms with Gasteiger partial charge >= 0.3 is 0 Å². The number of nitrogens with zero attached hydrogens (tertiary/aromatic N) is 1. The summed E-state index contributed by atoms with van der Waals surface area (Å²) in [5.74, 6) is 0.893. The van der Waals surface area contributed by atoms with Crippen LogP contribution in [-0.4, -0.2) is 15.8 Å². The molecule has 26 heavy (non-hydrogen) atoms. The number of benzene rings is 2. The fourth-order valence-electron chi connectivity index (χ4n) is 3.43. The zero-order valence-corrected chi connectivity index (χ0v) is 15.1. The summed E-state index contributed by atoms with van der Waals surface area (Å²) >= 11 is 5.64. The summed E-state index contributed by atoms with van der Waals surface area (Å²) in [6.45, 7) is 0.667. The summed E-state index contributed by atoms with van der Waals surface area (Å²) in [5, 5.41) is 3.97. The van der Waals surface area contributed by atoms with Crippen LogP contribution in [0.3, 0.4) is 0 Å². The van der Waals surface area contributed by atoms with Crippen molar-refractivity contribution < 1.29 is 4.79 Å². The SMILES string of the molecule is O=C(CC1c2ccccc2NC(=S)N1Cc1ccccc1)[C]1[CH][CH][CH][CH]1. The first kappa shape index (κ1) is 17.2. The molecular weight excluding hydrogens is 340 g/mol. The first-order valence-corrected chi connectivity index (χ1v) is 9.08. The molecule has 1 N–H and O–H groups in total. The van der Waals surface area contributed by atoms with Gasteiger partial charge in [-0.15, -0.1) is 0 Å². The summed E-state index contributed by atoms with van der Waals surface area (Å²) in [7, 11) is 0. The van der Waals surface area contributed by atoms with Crippen molar-refractivity contribution >= 4 is 28.8 Å². The van der Waals surface area contributed by atoms with Gasteiger partial charge in [0.05, 0.1) is 6.04 Å². The molecule has 1 atom stereocenters. The van der Waals surface area contributed by atoms with Crippen LogP contribution in [0.4, 0.5) is 5.69 Å². The molecule has 1 aliphatic carbocycles. The Balaban J connectivity index is 1.63. The molecule has 0 spiro atoms. The van der Waals surface area contributed by atoms with Crippen LogP contribution in [0.15, 0.2) is 54.6 Å². The Labute approximate surface area is 160 Å². The lowest BCUT2D eigenvalue weighted by atomic mass is 9.90. The highest BCUT2D eigenvalue weighted by atomic mass is 32.1. The number of hydrogen-bond donors (Lipinski definition) is 1. The molecule has 129 valence electrons. The number of hydrogen-bond acceptors (Lipinski definition) is 2. The molecule has 1 heterocycles. The van der Waals surface area contributed by atoms with E-state index in [0.717, 1.165) is 17.2 Å². The smallest absolute Gasteiger partial charge is 0.174 e. The molecule has 0 saturated heterocycles. The molecule has 2 aliphatic rings. The maximum Gasteiger partial charge on any atom is 0.174 e. The summed E-state index contributed by atoms with van der Waals surface area (Å²) in [6, 6.07) is 18.2. The van der Waals surface area contributed by atoms with Gasteiger partial charge in [0.25, 0.3) is 0 Å². The van der Waals surface area contributed by atoms with Gasteiger partial charge < -0.3 is 10.2 Å². The predicted octanol–water partition coefficient (Wildman–Crippen LogP) is 4.30. The van der Waals surface area contributed by atoms with E-state index in [9.17, 15) is 4.79 Å². The number of ketones is 1. The number of rotatable bonds is 5. The van der Waals surface area contributed by atoms with E-state index in [1.807, 2.05) is 62.1 Å². The minimum atomic E-state index is -0.0810. The average Bonchev–Trinajstić information content (AvgIpc) is 3.20. The lowest BCUT2D eigenvalue weighted by Crippen LogP contribution is -2.42. The minimum absolute atomic E-state index is 0.0810. The fraction of sp³-hybridized carbons (Fsp3) is 0.136. The predicted molar refractivity (Wildman–Crippen MR) is 107 cm³/mol. The van der Waals surface area contributed by atoms with Crippen LogP contribution >= 0.6 is 12.2 Å². The topological polar surface area (TPSA) is 32.3 Å². The normalized spacial score (nSPS) is 19.9. The molecule has 2 aromatic rings. The number of para-hydroxylation sites is 1. The number of thiocarbonyl (C=S) groups is 1. The van der Waals surface area contributed by atoms with Gasteiger partial charge in [-0.2, -0.15) is 0 Å². The maximum absolute atomic E-state index is 12.8. The summed E-state index contributed by atoms with van der Waals surface area (Å²) in [6.07, 6.45) is 7.94. The second-order valence-electron chi connectivity index (χ2n) is 6.45. The average molecular weight is 359 g/mol. The van der Waals surface area contributed by atoms with Crippen molar-refractivity contribution in [2.24, 2.45) is 0 Å². The highest BCUT2D eigenvalue weighted by Gasteiger charge is 2.34. The van der Waals surface area contributed by atoms with E-state index in [-0.39, 0.29) is 11.8 Å². The van der Waals surface area contributed by atoms with Crippen LogP contribution in [0.2, 0.25) is 0 Å². The van der Waals surface area contributed by atoms with E-state index in [1.165, 1.54) is 5.56 Å². The largest absolute Gasteiger partial charge is 0.337 e. The second-order valence-corrected chi connectivity index (χ2v) is 6.83. The van der Waals surface area contributed by atoms with Crippen LogP contribution in [0, 0.1) is 31.6 Å². The van der Waals surface area contributed by atoms with Gasteiger partial charge in [-0.3, -0.25) is 4.79 Å². The second kappa shape index (κ2) is 7.58. The van der Waals surface area contributed by atoms with Crippen LogP contribution in [0.25, 0.3) is 0 Å². The van der Waals surface area contributed by atoms with Gasteiger partial charge in [0.1, 0.15) is 5.78 Å². The molecule has 5 radical (unpaired) electrons. The molecule has 1 fully saturated rings. The van der Waals surface area contributed by atoms with Gasteiger partial charge in [0.15, 0.2) is 5.11 Å². The Morgan fingerprint density at radius 1 is 1.00 bits per heavy atom. The van der Waals surface area contributed by atoms with Crippen molar-refractivity contribution in [3.8, 4) is 0 Å². The quantitative estimate of drug-likeness (QED) is 0.807. The van der Waals surface area contributed by atoms with E-state index in [2.05, 4.69) is 28.4 Å². The summed E-state index contributed by atoms with van der Waals surface area (Å²) in [5.41, 5.74) is 3.26. The zero-order chi connectivity index (χ0) is 17.9. The minimum Gasteiger partial charge on any atom is -0.337 e. The molecule has 1 unspecified atom stereocenters. The zero-order valence-electron chi connectivity index (χ0n) is 14.3. The van der Waals surface area contributed by atoms with Gasteiger partial charge in [-0.25, -0.2) is 0 Å². The van der Waals surface area contributed by atoms with Crippen molar-refractivity contribution in [2.75, 3.05) is 5.32 Å². The van der Waals surface area contributed by atoms with Crippen molar-refractivity contribution in [1.29, 1.82) is 0 Å². The van der Waals surface area contributed by atoms with E-state index < -0.39 is 0 Å². The molecule has 1 aliphatic heterocycles. The first-order valence-electron chi connectivity index (χ1n) is 8.68. The number of Topliss-reactive ketones (excluding diaryl/α,β-unsaturated/α-hetero) is 1. The van der Waals surface area contributed by atoms with E-state index >= 15 is 0 Å². The molecule has 1 saturated carbocycles. The Bertz CT molecular complexity index is 799. The molecular formula is C22H19N2OS. The Morgan fingerprint density at radius 3 is 2.46 bits per heavy atom. The summed E-state index contributed by atoms with van der Waals surface area (Å²) < 4.78 is 0. The van der Waals surface area contributed by atoms with Crippen molar-refractivity contribution in [3.05, 3.63) is 97.3 Å². The Kier molecular flexibility index (Phi) is 5.02. The summed E-state index contributed by atoms with van der Waals surface area (Å²) in [4.78, 5) is 14.9. The monoisotopic (exact) mass is 359 g/mol. The third kappa shape index (κ3) is 3.51. The molecule has 0 bridgehead atoms. The molecule has 4 rings (SSSR count). The third-order valence-electron chi connectivity index (χ3n) is 4.76. The number of carbonyl (C=O) groups excluding carboxylic acids is 1. The van der Waals surface area contributed by atoms with Crippen molar-refractivity contribution in [2.45, 2.75) is 19.0 Å². The van der Waals surface area contributed by atoms with E-state index in [4.69, 9.17) is 12.2 Å². The highest BCUT2D eigenvalue weighted by Crippen LogP contribution is 2.38. The number of carbonyl (C=O) groups is 1. The standard InChI is InChI=1S/C22H19N2OS/c25-21(17-10-4-5-11-17)14-20-18-12-6-7-13-19(18)23-22(26)24(20)15-16-8-2-1-3-9-16/h1-13,20H,14-15H2,(H,23,26). The van der Waals surface area contributed by atoms with E-state index in [0.29, 0.717) is 18.1 Å². The lowest BCUT2D eigenvalue weighted by Gasteiger charge is -2.39. The molecule has 2 aromatic carbocycles. The first-order chi connectivity index (χ1) is 12.7. The van der Waals surface area contributed by atoms with Crippen LogP contribution < -0.4 is 5.32 Å². The van der Waals surface area contributed by atoms with Crippen LogP contribution in [0.1, 0.15) is 23.6 Å². The van der Waals surface area contributed by atoms with Gasteiger partial charge in [0, 0.05) is 24.6 Å². The molecule has 3 nitrogen and oxygen atoms in total. The van der Waals surface area contributed by atoms with Gasteiger partial charge in [0.2, 0.25) is 0 Å². The van der Waals surface area contributed by atoms with Crippen LogP contribution in [0.5, 0.6) is 0 Å². The van der Waals surface area contributed by atoms with Gasteiger partial charge in [-0.05, 0) is 55.1 Å². The van der Waals surface area contributed by atoms with Crippen LogP contribution in [-0.2, 0) is 11.3 Å². The van der Waals surface area contributed by atoms with E-state index in [1.54, 1.807) is 0 Å². The highest BCUT2D eigenvalue weighted by molar-refractivity contribution is 7.80. The Hall–Kier alpha value is -2.20. The van der Waals surface area contributed by atoms with Crippen molar-refractivity contribution in [3.63, 3.8) is 0 Å². The third-order valence-corrected chi connectivity index (χ3v) is 5.09. The van der Waals surface area contributed by atoms with Crippen molar-refractivity contribution in [1.82, 2.24) is 4.90 Å². The van der Waals surface area contributed by atoms with Gasteiger partial charge in [-0.1, -0.05) is 48.5 Å². The molecule has 0 aromatic heterocycles. The number of anilines is 1. The molecule has 4 heteroatoms. The lowest BCUT2D eigenvalue weighted by molar-refractivity contribution is -0.117. The molecule has 0 amide bonds. The fourth-order valence-corrected chi connectivity index (χ4v) is 3.74. The number of nitrogens with one attached hydrogen (secondary N) is 1.